The van der Waals surface area contributed by atoms with Crippen molar-refractivity contribution in [3.8, 4) is 0 Å². The third-order valence-electron chi connectivity index (χ3n) is 2.38. The summed E-state index contributed by atoms with van der Waals surface area (Å²) in [5, 5.41) is 2.72. The summed E-state index contributed by atoms with van der Waals surface area (Å²) in [5.41, 5.74) is 5.58. The molecule has 0 heterocycles. The Bertz CT molecular complexity index is 355. The molecule has 1 atom stereocenters. The first kappa shape index (κ1) is 12.6. The molecular formula is C12H17FN2O. The molecule has 88 valence electrons. The summed E-state index contributed by atoms with van der Waals surface area (Å²) < 4.78 is 13.3. The molecule has 1 unspecified atom stereocenters. The Morgan fingerprint density at radius 2 is 2.19 bits per heavy atom. The van der Waals surface area contributed by atoms with E-state index in [0.29, 0.717) is 6.54 Å². The van der Waals surface area contributed by atoms with Gasteiger partial charge < -0.3 is 11.1 Å². The maximum Gasteiger partial charge on any atom is 0.254 e. The van der Waals surface area contributed by atoms with Crippen LogP contribution in [-0.4, -0.2) is 18.5 Å². The third-order valence-corrected chi connectivity index (χ3v) is 2.38. The molecule has 3 N–H and O–H groups in total. The Labute approximate surface area is 94.8 Å². The Morgan fingerprint density at radius 1 is 1.50 bits per heavy atom. The van der Waals surface area contributed by atoms with Gasteiger partial charge in [0.25, 0.3) is 5.91 Å². The molecule has 0 aliphatic heterocycles. The highest BCUT2D eigenvalue weighted by molar-refractivity contribution is 5.94. The van der Waals surface area contributed by atoms with Crippen LogP contribution in [0, 0.1) is 5.82 Å². The summed E-state index contributed by atoms with van der Waals surface area (Å²) in [6.07, 6.45) is 1.73. The lowest BCUT2D eigenvalue weighted by Crippen LogP contribution is -2.40. The number of nitrogens with one attached hydrogen (secondary N) is 1. The Hall–Kier alpha value is -1.42. The zero-order valence-corrected chi connectivity index (χ0v) is 9.37. The van der Waals surface area contributed by atoms with Crippen molar-refractivity contribution in [3.05, 3.63) is 35.6 Å². The average Bonchev–Trinajstić information content (AvgIpc) is 2.28. The molecule has 0 aliphatic carbocycles. The van der Waals surface area contributed by atoms with Gasteiger partial charge in [-0.3, -0.25) is 4.79 Å². The van der Waals surface area contributed by atoms with Gasteiger partial charge in [0, 0.05) is 12.6 Å². The number of hydrogen-bond acceptors (Lipinski definition) is 2. The van der Waals surface area contributed by atoms with Crippen LogP contribution in [0.1, 0.15) is 30.1 Å². The first-order valence-corrected chi connectivity index (χ1v) is 5.44. The second kappa shape index (κ2) is 6.23. The molecule has 4 heteroatoms. The number of halogens is 1. The molecule has 0 saturated carbocycles. The summed E-state index contributed by atoms with van der Waals surface area (Å²) in [7, 11) is 0. The Balaban J connectivity index is 2.68. The first-order valence-electron chi connectivity index (χ1n) is 5.44. The smallest absolute Gasteiger partial charge is 0.254 e. The van der Waals surface area contributed by atoms with Gasteiger partial charge >= 0.3 is 0 Å². The van der Waals surface area contributed by atoms with Crippen molar-refractivity contribution in [2.45, 2.75) is 25.8 Å². The zero-order valence-electron chi connectivity index (χ0n) is 9.37. The molecule has 0 fully saturated rings. The van der Waals surface area contributed by atoms with E-state index >= 15 is 0 Å². The molecule has 0 radical (unpaired) electrons. The van der Waals surface area contributed by atoms with Gasteiger partial charge in [0.2, 0.25) is 0 Å². The van der Waals surface area contributed by atoms with E-state index in [4.69, 9.17) is 5.73 Å². The minimum absolute atomic E-state index is 0.0667. The molecule has 16 heavy (non-hydrogen) atoms. The van der Waals surface area contributed by atoms with Crippen LogP contribution in [0.4, 0.5) is 4.39 Å². The lowest BCUT2D eigenvalue weighted by atomic mass is 10.1. The van der Waals surface area contributed by atoms with E-state index in [2.05, 4.69) is 5.32 Å². The van der Waals surface area contributed by atoms with Crippen LogP contribution in [0.5, 0.6) is 0 Å². The van der Waals surface area contributed by atoms with E-state index < -0.39 is 11.7 Å². The van der Waals surface area contributed by atoms with Gasteiger partial charge in [-0.2, -0.15) is 0 Å². The number of carbonyl (C=O) groups is 1. The van der Waals surface area contributed by atoms with Gasteiger partial charge in [0.05, 0.1) is 5.56 Å². The highest BCUT2D eigenvalue weighted by Crippen LogP contribution is 2.07. The number of amides is 1. The maximum atomic E-state index is 13.3. The summed E-state index contributed by atoms with van der Waals surface area (Å²) in [5.74, 6) is -0.908. The Morgan fingerprint density at radius 3 is 2.75 bits per heavy atom. The van der Waals surface area contributed by atoms with Gasteiger partial charge in [0.15, 0.2) is 0 Å². The van der Waals surface area contributed by atoms with E-state index in [9.17, 15) is 9.18 Å². The maximum absolute atomic E-state index is 13.3. The van der Waals surface area contributed by atoms with Crippen LogP contribution >= 0.6 is 0 Å². The fourth-order valence-corrected chi connectivity index (χ4v) is 1.51. The van der Waals surface area contributed by atoms with Crippen molar-refractivity contribution in [1.82, 2.24) is 5.32 Å². The van der Waals surface area contributed by atoms with Crippen LogP contribution in [-0.2, 0) is 0 Å². The van der Waals surface area contributed by atoms with E-state index in [0.717, 1.165) is 12.8 Å². The molecule has 0 aliphatic rings. The van der Waals surface area contributed by atoms with Gasteiger partial charge in [0.1, 0.15) is 5.82 Å². The molecule has 1 amide bonds. The highest BCUT2D eigenvalue weighted by atomic mass is 19.1. The van der Waals surface area contributed by atoms with Crippen molar-refractivity contribution in [2.24, 2.45) is 5.73 Å². The van der Waals surface area contributed by atoms with Crippen LogP contribution < -0.4 is 11.1 Å². The van der Waals surface area contributed by atoms with Crippen LogP contribution in [0.15, 0.2) is 24.3 Å². The molecule has 0 aromatic heterocycles. The molecule has 0 bridgehead atoms. The standard InChI is InChI=1S/C12H17FN2O/c1-2-5-9(8-14)15-12(16)10-6-3-4-7-11(10)13/h3-4,6-7,9H,2,5,8,14H2,1H3,(H,15,16). The lowest BCUT2D eigenvalue weighted by molar-refractivity contribution is 0.0932. The summed E-state index contributed by atoms with van der Waals surface area (Å²) in [6, 6.07) is 5.83. The summed E-state index contributed by atoms with van der Waals surface area (Å²) in [6.45, 7) is 2.38. The van der Waals surface area contributed by atoms with Crippen molar-refractivity contribution in [2.75, 3.05) is 6.54 Å². The molecule has 1 aromatic carbocycles. The summed E-state index contributed by atoms with van der Waals surface area (Å²) in [4.78, 5) is 11.7. The van der Waals surface area contributed by atoms with Crippen molar-refractivity contribution >= 4 is 5.91 Å². The van der Waals surface area contributed by atoms with Crippen molar-refractivity contribution in [1.29, 1.82) is 0 Å². The lowest BCUT2D eigenvalue weighted by Gasteiger charge is -2.15. The number of nitrogens with two attached hydrogens (primary N) is 1. The van der Waals surface area contributed by atoms with E-state index in [-0.39, 0.29) is 11.6 Å². The normalized spacial score (nSPS) is 12.2. The fourth-order valence-electron chi connectivity index (χ4n) is 1.51. The molecule has 1 rings (SSSR count). The number of carbonyl (C=O) groups excluding carboxylic acids is 1. The Kier molecular flexibility index (Phi) is 4.92. The average molecular weight is 224 g/mol. The molecular weight excluding hydrogens is 207 g/mol. The van der Waals surface area contributed by atoms with E-state index in [1.54, 1.807) is 12.1 Å². The molecule has 0 spiro atoms. The van der Waals surface area contributed by atoms with Crippen LogP contribution in [0.2, 0.25) is 0 Å². The van der Waals surface area contributed by atoms with Gasteiger partial charge in [-0.25, -0.2) is 4.39 Å². The second-order valence-corrected chi connectivity index (χ2v) is 3.67. The topological polar surface area (TPSA) is 55.1 Å². The predicted octanol–water partition coefficient (Wildman–Crippen LogP) is 1.68. The first-order chi connectivity index (χ1) is 7.69. The third kappa shape index (κ3) is 3.31. The number of hydrogen-bond donors (Lipinski definition) is 2. The minimum Gasteiger partial charge on any atom is -0.348 e. The van der Waals surface area contributed by atoms with E-state index in [1.165, 1.54) is 12.1 Å². The SMILES string of the molecule is CCCC(CN)NC(=O)c1ccccc1F. The molecule has 3 nitrogen and oxygen atoms in total. The van der Waals surface area contributed by atoms with Crippen LogP contribution in [0.3, 0.4) is 0 Å². The van der Waals surface area contributed by atoms with Gasteiger partial charge in [-0.1, -0.05) is 25.5 Å². The predicted molar refractivity (Wildman–Crippen MR) is 61.6 cm³/mol. The van der Waals surface area contributed by atoms with Crippen LogP contribution in [0.25, 0.3) is 0 Å². The number of rotatable bonds is 5. The molecule has 1 aromatic rings. The fraction of sp³-hybridized carbons (Fsp3) is 0.417. The quantitative estimate of drug-likeness (QED) is 0.799. The van der Waals surface area contributed by atoms with E-state index in [1.807, 2.05) is 6.92 Å². The van der Waals surface area contributed by atoms with Gasteiger partial charge in [-0.15, -0.1) is 0 Å². The van der Waals surface area contributed by atoms with Crippen molar-refractivity contribution < 1.29 is 9.18 Å². The second-order valence-electron chi connectivity index (χ2n) is 3.67. The number of benzene rings is 1. The highest BCUT2D eigenvalue weighted by Gasteiger charge is 2.14. The minimum atomic E-state index is -0.507. The zero-order chi connectivity index (χ0) is 12.0. The monoisotopic (exact) mass is 224 g/mol. The van der Waals surface area contributed by atoms with Gasteiger partial charge in [-0.05, 0) is 18.6 Å². The van der Waals surface area contributed by atoms with Crippen molar-refractivity contribution in [3.63, 3.8) is 0 Å². The molecule has 0 saturated heterocycles. The largest absolute Gasteiger partial charge is 0.348 e. The summed E-state index contributed by atoms with van der Waals surface area (Å²) >= 11 is 0.